The van der Waals surface area contributed by atoms with Crippen LogP contribution in [0.3, 0.4) is 0 Å². The second-order valence-electron chi connectivity index (χ2n) is 4.96. The summed E-state index contributed by atoms with van der Waals surface area (Å²) in [4.78, 5) is 13.4. The summed E-state index contributed by atoms with van der Waals surface area (Å²) in [6.45, 7) is 1.86. The molecule has 24 heavy (non-hydrogen) atoms. The van der Waals surface area contributed by atoms with Gasteiger partial charge in [0.1, 0.15) is 11.6 Å². The van der Waals surface area contributed by atoms with Crippen LogP contribution in [0.2, 0.25) is 5.02 Å². The molecule has 0 aliphatic heterocycles. The number of amides is 1. The summed E-state index contributed by atoms with van der Waals surface area (Å²) >= 11 is 7.55. The van der Waals surface area contributed by atoms with E-state index in [1.165, 1.54) is 6.20 Å². The molecule has 4 nitrogen and oxygen atoms in total. The predicted octanol–water partition coefficient (Wildman–Crippen LogP) is 4.83. The molecule has 0 unspecified atom stereocenters. The molecule has 0 spiro atoms. The van der Waals surface area contributed by atoms with Crippen molar-refractivity contribution in [1.29, 1.82) is 5.26 Å². The molecule has 0 atom stereocenters. The summed E-state index contributed by atoms with van der Waals surface area (Å²) in [6.07, 6.45) is 3.38. The third kappa shape index (κ3) is 4.79. The maximum absolute atomic E-state index is 12.3. The van der Waals surface area contributed by atoms with Crippen molar-refractivity contribution >= 4 is 40.6 Å². The van der Waals surface area contributed by atoms with Crippen molar-refractivity contribution < 1.29 is 4.79 Å². The number of hydrogen-bond acceptors (Lipinski definition) is 4. The number of halogens is 1. The first-order valence-corrected chi connectivity index (χ1v) is 8.72. The Bertz CT molecular complexity index is 827. The molecule has 1 amide bonds. The van der Waals surface area contributed by atoms with Gasteiger partial charge in [-0.1, -0.05) is 23.7 Å². The Morgan fingerprint density at radius 1 is 1.29 bits per heavy atom. The second kappa shape index (κ2) is 8.44. The largest absolute Gasteiger partial charge is 0.360 e. The molecule has 0 heterocycles. The van der Waals surface area contributed by atoms with E-state index in [-0.39, 0.29) is 5.57 Å². The molecule has 0 aromatic heterocycles. The number of nitriles is 1. The Labute approximate surface area is 150 Å². The number of carbonyl (C=O) groups excluding carboxylic acids is 1. The van der Waals surface area contributed by atoms with Crippen LogP contribution in [0, 0.1) is 18.3 Å². The molecule has 0 radical (unpaired) electrons. The lowest BCUT2D eigenvalue weighted by Gasteiger charge is -2.09. The van der Waals surface area contributed by atoms with Crippen LogP contribution in [0.15, 0.2) is 59.1 Å². The molecule has 2 N–H and O–H groups in total. The minimum atomic E-state index is -0.489. The molecule has 2 aromatic carbocycles. The number of aryl methyl sites for hydroxylation is 1. The molecule has 0 bridgehead atoms. The average molecular weight is 358 g/mol. The SMILES string of the molecule is CSc1cccc(N/C=C(/C#N)C(=O)Nc2cc(Cl)ccc2C)c1. The van der Waals surface area contributed by atoms with Gasteiger partial charge in [0.2, 0.25) is 0 Å². The van der Waals surface area contributed by atoms with Gasteiger partial charge in [-0.3, -0.25) is 4.79 Å². The molecular formula is C18H16ClN3OS. The molecule has 0 aliphatic carbocycles. The summed E-state index contributed by atoms with van der Waals surface area (Å²) in [7, 11) is 0. The fourth-order valence-corrected chi connectivity index (χ4v) is 2.57. The van der Waals surface area contributed by atoms with Crippen LogP contribution in [0.5, 0.6) is 0 Å². The van der Waals surface area contributed by atoms with Crippen molar-refractivity contribution in [3.8, 4) is 6.07 Å². The van der Waals surface area contributed by atoms with Gasteiger partial charge in [0.25, 0.3) is 5.91 Å². The van der Waals surface area contributed by atoms with Crippen molar-refractivity contribution in [2.75, 3.05) is 16.9 Å². The molecular weight excluding hydrogens is 342 g/mol. The second-order valence-corrected chi connectivity index (χ2v) is 6.28. The van der Waals surface area contributed by atoms with E-state index in [2.05, 4.69) is 10.6 Å². The van der Waals surface area contributed by atoms with E-state index in [1.807, 2.05) is 43.5 Å². The van der Waals surface area contributed by atoms with Gasteiger partial charge < -0.3 is 10.6 Å². The van der Waals surface area contributed by atoms with E-state index < -0.39 is 5.91 Å². The fourth-order valence-electron chi connectivity index (χ4n) is 1.94. The van der Waals surface area contributed by atoms with Crippen LogP contribution in [0.25, 0.3) is 0 Å². The lowest BCUT2D eigenvalue weighted by molar-refractivity contribution is -0.112. The summed E-state index contributed by atoms with van der Waals surface area (Å²) in [6, 6.07) is 14.8. The fraction of sp³-hybridized carbons (Fsp3) is 0.111. The topological polar surface area (TPSA) is 64.9 Å². The quantitative estimate of drug-likeness (QED) is 0.457. The Kier molecular flexibility index (Phi) is 6.30. The highest BCUT2D eigenvalue weighted by Crippen LogP contribution is 2.21. The van der Waals surface area contributed by atoms with Crippen molar-refractivity contribution in [2.45, 2.75) is 11.8 Å². The minimum Gasteiger partial charge on any atom is -0.360 e. The first-order valence-electron chi connectivity index (χ1n) is 7.12. The number of anilines is 2. The standard InChI is InChI=1S/C18H16ClN3OS/c1-12-6-7-14(19)8-17(12)22-18(23)13(10-20)11-21-15-4-3-5-16(9-15)24-2/h3-9,11,21H,1-2H3,(H,22,23)/b13-11-. The smallest absolute Gasteiger partial charge is 0.267 e. The molecule has 122 valence electrons. The number of nitrogens with one attached hydrogen (secondary N) is 2. The van der Waals surface area contributed by atoms with Crippen LogP contribution < -0.4 is 10.6 Å². The van der Waals surface area contributed by atoms with Gasteiger partial charge in [-0.2, -0.15) is 5.26 Å². The molecule has 0 saturated carbocycles. The predicted molar refractivity (Wildman–Crippen MR) is 100 cm³/mol. The number of rotatable bonds is 5. The molecule has 0 aliphatic rings. The van der Waals surface area contributed by atoms with Crippen LogP contribution in [-0.4, -0.2) is 12.2 Å². The molecule has 0 saturated heterocycles. The van der Waals surface area contributed by atoms with Gasteiger partial charge in [0, 0.05) is 27.5 Å². The zero-order chi connectivity index (χ0) is 17.5. The van der Waals surface area contributed by atoms with Gasteiger partial charge in [-0.15, -0.1) is 11.8 Å². The maximum atomic E-state index is 12.3. The van der Waals surface area contributed by atoms with E-state index in [9.17, 15) is 10.1 Å². The van der Waals surface area contributed by atoms with Gasteiger partial charge in [-0.05, 0) is 49.1 Å². The molecule has 2 rings (SSSR count). The Balaban J connectivity index is 2.13. The first kappa shape index (κ1) is 17.9. The molecule has 2 aromatic rings. The highest BCUT2D eigenvalue weighted by Gasteiger charge is 2.11. The van der Waals surface area contributed by atoms with Crippen LogP contribution in [0.1, 0.15) is 5.56 Å². The lowest BCUT2D eigenvalue weighted by atomic mass is 10.2. The van der Waals surface area contributed by atoms with Crippen LogP contribution in [-0.2, 0) is 4.79 Å². The van der Waals surface area contributed by atoms with E-state index >= 15 is 0 Å². The highest BCUT2D eigenvalue weighted by molar-refractivity contribution is 7.98. The third-order valence-corrected chi connectivity index (χ3v) is 4.23. The maximum Gasteiger partial charge on any atom is 0.267 e. The molecule has 0 fully saturated rings. The number of nitrogens with zero attached hydrogens (tertiary/aromatic N) is 1. The Morgan fingerprint density at radius 3 is 2.79 bits per heavy atom. The lowest BCUT2D eigenvalue weighted by Crippen LogP contribution is -2.15. The molecule has 6 heteroatoms. The first-order chi connectivity index (χ1) is 11.5. The van der Waals surface area contributed by atoms with Crippen LogP contribution in [0.4, 0.5) is 11.4 Å². The summed E-state index contributed by atoms with van der Waals surface area (Å²) in [5.41, 5.74) is 2.23. The van der Waals surface area contributed by atoms with Crippen molar-refractivity contribution in [2.24, 2.45) is 0 Å². The highest BCUT2D eigenvalue weighted by atomic mass is 35.5. The number of benzene rings is 2. The summed E-state index contributed by atoms with van der Waals surface area (Å²) in [5, 5.41) is 15.4. The van der Waals surface area contributed by atoms with Crippen molar-refractivity contribution in [3.63, 3.8) is 0 Å². The minimum absolute atomic E-state index is 0.0241. The summed E-state index contributed by atoms with van der Waals surface area (Å²) in [5.74, 6) is -0.489. The van der Waals surface area contributed by atoms with E-state index in [0.717, 1.165) is 16.1 Å². The van der Waals surface area contributed by atoms with Gasteiger partial charge in [-0.25, -0.2) is 0 Å². The monoisotopic (exact) mass is 357 g/mol. The van der Waals surface area contributed by atoms with E-state index in [0.29, 0.717) is 10.7 Å². The number of thioether (sulfide) groups is 1. The van der Waals surface area contributed by atoms with Crippen molar-refractivity contribution in [3.05, 3.63) is 64.8 Å². The Hall–Kier alpha value is -2.42. The Morgan fingerprint density at radius 2 is 2.08 bits per heavy atom. The zero-order valence-electron chi connectivity index (χ0n) is 13.3. The van der Waals surface area contributed by atoms with Gasteiger partial charge in [0.15, 0.2) is 0 Å². The number of carbonyl (C=O) groups is 1. The third-order valence-electron chi connectivity index (χ3n) is 3.27. The van der Waals surface area contributed by atoms with Gasteiger partial charge in [0.05, 0.1) is 0 Å². The normalized spacial score (nSPS) is 10.8. The van der Waals surface area contributed by atoms with Crippen molar-refractivity contribution in [1.82, 2.24) is 0 Å². The van der Waals surface area contributed by atoms with E-state index in [4.69, 9.17) is 11.6 Å². The number of hydrogen-bond donors (Lipinski definition) is 2. The van der Waals surface area contributed by atoms with E-state index in [1.54, 1.807) is 30.0 Å². The zero-order valence-corrected chi connectivity index (χ0v) is 14.8. The summed E-state index contributed by atoms with van der Waals surface area (Å²) < 4.78 is 0. The van der Waals surface area contributed by atoms with Gasteiger partial charge >= 0.3 is 0 Å². The van der Waals surface area contributed by atoms with Crippen LogP contribution >= 0.6 is 23.4 Å². The average Bonchev–Trinajstić information content (AvgIpc) is 2.59.